The van der Waals surface area contributed by atoms with Crippen LogP contribution in [0.3, 0.4) is 0 Å². The predicted octanol–water partition coefficient (Wildman–Crippen LogP) is 1.61. The first-order valence-corrected chi connectivity index (χ1v) is 5.65. The number of fused-ring (bicyclic) bond motifs is 1. The molecule has 1 aromatic rings. The van der Waals surface area contributed by atoms with Gasteiger partial charge in [0, 0.05) is 12.7 Å². The molecule has 84 valence electrons. The zero-order chi connectivity index (χ0) is 11.5. The van der Waals surface area contributed by atoms with Crippen molar-refractivity contribution in [3.63, 3.8) is 0 Å². The first-order valence-electron chi connectivity index (χ1n) is 5.65. The van der Waals surface area contributed by atoms with Gasteiger partial charge in [0.05, 0.1) is 12.6 Å². The third kappa shape index (κ3) is 2.20. The summed E-state index contributed by atoms with van der Waals surface area (Å²) in [6.45, 7) is 0.612. The third-order valence-corrected chi connectivity index (χ3v) is 3.16. The molecule has 1 N–H and O–H groups in total. The highest BCUT2D eigenvalue weighted by atomic mass is 16.3. The summed E-state index contributed by atoms with van der Waals surface area (Å²) in [4.78, 5) is 2.04. The zero-order valence-electron chi connectivity index (χ0n) is 9.61. The molecule has 0 radical (unpaired) electrons. The largest absolute Gasteiger partial charge is 0.393 e. The molecule has 1 unspecified atom stereocenters. The van der Waals surface area contributed by atoms with E-state index in [9.17, 15) is 5.11 Å². The quantitative estimate of drug-likeness (QED) is 0.758. The second-order valence-corrected chi connectivity index (χ2v) is 4.41. The van der Waals surface area contributed by atoms with Crippen LogP contribution in [0.25, 0.3) is 0 Å². The number of aliphatic hydroxyl groups excluding tert-OH is 1. The van der Waals surface area contributed by atoms with Crippen molar-refractivity contribution in [1.82, 2.24) is 0 Å². The summed E-state index contributed by atoms with van der Waals surface area (Å²) >= 11 is 0. The fourth-order valence-corrected chi connectivity index (χ4v) is 2.19. The Morgan fingerprint density at radius 1 is 1.50 bits per heavy atom. The van der Waals surface area contributed by atoms with Crippen LogP contribution in [0.4, 0.5) is 5.69 Å². The van der Waals surface area contributed by atoms with Crippen LogP contribution in [0.2, 0.25) is 0 Å². The molecule has 0 heterocycles. The minimum atomic E-state index is -0.180. The molecular formula is C14H17NO. The van der Waals surface area contributed by atoms with Crippen LogP contribution in [0.1, 0.15) is 17.5 Å². The number of benzene rings is 1. The van der Waals surface area contributed by atoms with Crippen molar-refractivity contribution in [2.45, 2.75) is 25.4 Å². The van der Waals surface area contributed by atoms with Gasteiger partial charge in [0.1, 0.15) is 0 Å². The van der Waals surface area contributed by atoms with E-state index < -0.39 is 0 Å². The molecule has 0 saturated carbocycles. The minimum absolute atomic E-state index is 0.180. The molecule has 1 aliphatic carbocycles. The summed E-state index contributed by atoms with van der Waals surface area (Å²) < 4.78 is 0. The van der Waals surface area contributed by atoms with Crippen molar-refractivity contribution in [3.8, 4) is 12.3 Å². The lowest BCUT2D eigenvalue weighted by atomic mass is 9.89. The minimum Gasteiger partial charge on any atom is -0.393 e. The molecule has 0 fully saturated rings. The Balaban J connectivity index is 2.25. The van der Waals surface area contributed by atoms with E-state index in [0.717, 1.165) is 24.9 Å². The van der Waals surface area contributed by atoms with Gasteiger partial charge in [-0.1, -0.05) is 12.0 Å². The normalized spacial score (nSPS) is 18.7. The monoisotopic (exact) mass is 215 g/mol. The van der Waals surface area contributed by atoms with E-state index in [-0.39, 0.29) is 6.10 Å². The van der Waals surface area contributed by atoms with Gasteiger partial charge >= 0.3 is 0 Å². The summed E-state index contributed by atoms with van der Waals surface area (Å²) in [5.41, 5.74) is 3.76. The van der Waals surface area contributed by atoms with Crippen molar-refractivity contribution >= 4 is 5.69 Å². The molecule has 1 atom stereocenters. The van der Waals surface area contributed by atoms with Crippen LogP contribution < -0.4 is 4.90 Å². The van der Waals surface area contributed by atoms with Gasteiger partial charge in [-0.25, -0.2) is 0 Å². The molecular weight excluding hydrogens is 198 g/mol. The molecule has 0 bridgehead atoms. The number of terminal acetylenes is 1. The molecule has 0 spiro atoms. The number of aryl methyl sites for hydroxylation is 1. The van der Waals surface area contributed by atoms with Crippen molar-refractivity contribution in [3.05, 3.63) is 29.3 Å². The number of nitrogens with zero attached hydrogens (tertiary/aromatic N) is 1. The van der Waals surface area contributed by atoms with Gasteiger partial charge in [-0.2, -0.15) is 0 Å². The van der Waals surface area contributed by atoms with E-state index >= 15 is 0 Å². The fourth-order valence-electron chi connectivity index (χ4n) is 2.19. The molecule has 1 aliphatic rings. The molecule has 0 aromatic heterocycles. The SMILES string of the molecule is C#CCN(C)c1ccc2c(c1)CC(O)CC2. The number of aliphatic hydroxyl groups is 1. The first-order chi connectivity index (χ1) is 7.70. The number of hydrogen-bond acceptors (Lipinski definition) is 2. The number of rotatable bonds is 2. The summed E-state index contributed by atoms with van der Waals surface area (Å²) in [6, 6.07) is 6.41. The highest BCUT2D eigenvalue weighted by Gasteiger charge is 2.16. The second-order valence-electron chi connectivity index (χ2n) is 4.41. The van der Waals surface area contributed by atoms with Gasteiger partial charge in [-0.15, -0.1) is 6.42 Å². The van der Waals surface area contributed by atoms with E-state index in [1.165, 1.54) is 11.1 Å². The molecule has 2 heteroatoms. The molecule has 0 saturated heterocycles. The average molecular weight is 215 g/mol. The van der Waals surface area contributed by atoms with Crippen LogP contribution in [0.5, 0.6) is 0 Å². The third-order valence-electron chi connectivity index (χ3n) is 3.16. The Labute approximate surface area is 96.9 Å². The van der Waals surface area contributed by atoms with Gasteiger partial charge in [0.15, 0.2) is 0 Å². The van der Waals surface area contributed by atoms with E-state index in [4.69, 9.17) is 6.42 Å². The Kier molecular flexibility index (Phi) is 3.17. The van der Waals surface area contributed by atoms with Crippen LogP contribution in [0, 0.1) is 12.3 Å². The van der Waals surface area contributed by atoms with E-state index in [0.29, 0.717) is 6.54 Å². The zero-order valence-corrected chi connectivity index (χ0v) is 9.61. The fraction of sp³-hybridized carbons (Fsp3) is 0.429. The molecule has 16 heavy (non-hydrogen) atoms. The lowest BCUT2D eigenvalue weighted by molar-refractivity contribution is 0.158. The van der Waals surface area contributed by atoms with Gasteiger partial charge in [0.2, 0.25) is 0 Å². The van der Waals surface area contributed by atoms with Crippen LogP contribution >= 0.6 is 0 Å². The van der Waals surface area contributed by atoms with Gasteiger partial charge < -0.3 is 10.0 Å². The maximum absolute atomic E-state index is 9.64. The number of anilines is 1. The summed E-state index contributed by atoms with van der Waals surface area (Å²) in [5, 5.41) is 9.64. The van der Waals surface area contributed by atoms with Gasteiger partial charge in [-0.05, 0) is 42.5 Å². The maximum Gasteiger partial charge on any atom is 0.0788 e. The summed E-state index contributed by atoms with van der Waals surface area (Å²) in [7, 11) is 1.99. The van der Waals surface area contributed by atoms with Crippen molar-refractivity contribution in [2.24, 2.45) is 0 Å². The summed E-state index contributed by atoms with van der Waals surface area (Å²) in [6.07, 6.45) is 7.75. The Hall–Kier alpha value is -1.46. The standard InChI is InChI=1S/C14H17NO/c1-3-8-15(2)13-6-4-11-5-7-14(16)10-12(11)9-13/h1,4,6,9,14,16H,5,7-8,10H2,2H3. The predicted molar refractivity (Wildman–Crippen MR) is 66.6 cm³/mol. The van der Waals surface area contributed by atoms with Crippen molar-refractivity contribution in [2.75, 3.05) is 18.5 Å². The van der Waals surface area contributed by atoms with Crippen molar-refractivity contribution < 1.29 is 5.11 Å². The first kappa shape index (κ1) is 11.0. The topological polar surface area (TPSA) is 23.5 Å². The lowest BCUT2D eigenvalue weighted by Crippen LogP contribution is -2.21. The highest BCUT2D eigenvalue weighted by molar-refractivity contribution is 5.52. The van der Waals surface area contributed by atoms with Crippen LogP contribution in [-0.2, 0) is 12.8 Å². The molecule has 2 rings (SSSR count). The Morgan fingerprint density at radius 3 is 3.06 bits per heavy atom. The maximum atomic E-state index is 9.64. The second kappa shape index (κ2) is 4.59. The van der Waals surface area contributed by atoms with Crippen LogP contribution in [0.15, 0.2) is 18.2 Å². The van der Waals surface area contributed by atoms with Gasteiger partial charge in [-0.3, -0.25) is 0 Å². The Morgan fingerprint density at radius 2 is 2.31 bits per heavy atom. The molecule has 1 aromatic carbocycles. The smallest absolute Gasteiger partial charge is 0.0788 e. The molecule has 0 amide bonds. The Bertz CT molecular complexity index is 419. The van der Waals surface area contributed by atoms with E-state index in [1.807, 2.05) is 11.9 Å². The summed E-state index contributed by atoms with van der Waals surface area (Å²) in [5.74, 6) is 2.63. The highest BCUT2D eigenvalue weighted by Crippen LogP contribution is 2.25. The lowest BCUT2D eigenvalue weighted by Gasteiger charge is -2.23. The van der Waals surface area contributed by atoms with E-state index in [2.05, 4.69) is 24.1 Å². The van der Waals surface area contributed by atoms with Crippen molar-refractivity contribution in [1.29, 1.82) is 0 Å². The molecule has 2 nitrogen and oxygen atoms in total. The average Bonchev–Trinajstić information content (AvgIpc) is 2.28. The number of hydrogen-bond donors (Lipinski definition) is 1. The molecule has 0 aliphatic heterocycles. The van der Waals surface area contributed by atoms with E-state index in [1.54, 1.807) is 0 Å². The van der Waals surface area contributed by atoms with Crippen LogP contribution in [-0.4, -0.2) is 24.8 Å². The van der Waals surface area contributed by atoms with Gasteiger partial charge in [0.25, 0.3) is 0 Å².